The van der Waals surface area contributed by atoms with Crippen molar-refractivity contribution in [3.63, 3.8) is 0 Å². The summed E-state index contributed by atoms with van der Waals surface area (Å²) in [6.07, 6.45) is 0.189. The molecule has 2 nitrogen and oxygen atoms in total. The van der Waals surface area contributed by atoms with Crippen LogP contribution in [0.4, 0.5) is 0 Å². The summed E-state index contributed by atoms with van der Waals surface area (Å²) in [4.78, 5) is 0. The fourth-order valence-electron chi connectivity index (χ4n) is 1.78. The first-order chi connectivity index (χ1) is 8.06. The third kappa shape index (κ3) is 3.10. The highest BCUT2D eigenvalue weighted by molar-refractivity contribution is 14.1. The van der Waals surface area contributed by atoms with Gasteiger partial charge in [0.2, 0.25) is 0 Å². The molecule has 0 spiro atoms. The van der Waals surface area contributed by atoms with Crippen molar-refractivity contribution in [1.82, 2.24) is 0 Å². The van der Waals surface area contributed by atoms with Crippen molar-refractivity contribution < 1.29 is 9.52 Å². The number of halogens is 1. The molecule has 1 aromatic carbocycles. The average molecular weight is 342 g/mol. The number of hydrogen-bond donors (Lipinski definition) is 1. The largest absolute Gasteiger partial charge is 0.461 e. The minimum Gasteiger partial charge on any atom is -0.461 e. The van der Waals surface area contributed by atoms with Gasteiger partial charge in [-0.25, -0.2) is 0 Å². The number of furan rings is 1. The van der Waals surface area contributed by atoms with E-state index < -0.39 is 0 Å². The smallest absolute Gasteiger partial charge is 0.134 e. The molecule has 2 aromatic rings. The van der Waals surface area contributed by atoms with Gasteiger partial charge in [0, 0.05) is 15.6 Å². The lowest BCUT2D eigenvalue weighted by atomic mass is 10.1. The zero-order chi connectivity index (χ0) is 12.4. The van der Waals surface area contributed by atoms with Crippen LogP contribution in [0.1, 0.15) is 18.2 Å². The molecule has 0 saturated carbocycles. The molecular weight excluding hydrogens is 327 g/mol. The SMILES string of the molecule is Cc1ccc(I)cc1-c1ccc(CC(C)O)o1. The van der Waals surface area contributed by atoms with E-state index in [4.69, 9.17) is 4.42 Å². The molecule has 1 aromatic heterocycles. The van der Waals surface area contributed by atoms with Crippen LogP contribution in [0.15, 0.2) is 34.7 Å². The van der Waals surface area contributed by atoms with Gasteiger partial charge in [-0.3, -0.25) is 0 Å². The lowest BCUT2D eigenvalue weighted by molar-refractivity contribution is 0.187. The van der Waals surface area contributed by atoms with Crippen LogP contribution in [0, 0.1) is 10.5 Å². The Kier molecular flexibility index (Phi) is 3.89. The third-order valence-corrected chi connectivity index (χ3v) is 3.29. The molecule has 0 amide bonds. The molecule has 90 valence electrons. The zero-order valence-corrected chi connectivity index (χ0v) is 12.1. The molecule has 0 saturated heterocycles. The van der Waals surface area contributed by atoms with Crippen molar-refractivity contribution in [2.75, 3.05) is 0 Å². The minimum absolute atomic E-state index is 0.369. The minimum atomic E-state index is -0.369. The van der Waals surface area contributed by atoms with Gasteiger partial charge >= 0.3 is 0 Å². The van der Waals surface area contributed by atoms with E-state index in [0.717, 1.165) is 17.1 Å². The lowest BCUT2D eigenvalue weighted by Gasteiger charge is -2.04. The number of aliphatic hydroxyl groups excluding tert-OH is 1. The molecule has 0 bridgehead atoms. The maximum atomic E-state index is 9.32. The van der Waals surface area contributed by atoms with Crippen molar-refractivity contribution in [3.8, 4) is 11.3 Å². The molecule has 1 atom stereocenters. The molecule has 1 heterocycles. The summed E-state index contributed by atoms with van der Waals surface area (Å²) < 4.78 is 6.94. The Balaban J connectivity index is 2.33. The Labute approximate surface area is 115 Å². The molecule has 3 heteroatoms. The van der Waals surface area contributed by atoms with Gasteiger partial charge in [-0.1, -0.05) is 6.07 Å². The third-order valence-electron chi connectivity index (χ3n) is 2.62. The maximum Gasteiger partial charge on any atom is 0.134 e. The van der Waals surface area contributed by atoms with E-state index in [1.165, 1.54) is 9.13 Å². The van der Waals surface area contributed by atoms with Crippen LogP contribution >= 0.6 is 22.6 Å². The van der Waals surface area contributed by atoms with E-state index in [2.05, 4.69) is 47.7 Å². The van der Waals surface area contributed by atoms with Crippen molar-refractivity contribution >= 4 is 22.6 Å². The van der Waals surface area contributed by atoms with Gasteiger partial charge in [0.1, 0.15) is 11.5 Å². The first-order valence-electron chi connectivity index (χ1n) is 5.59. The standard InChI is InChI=1S/C14H15IO2/c1-9-3-4-11(15)8-13(9)14-6-5-12(17-14)7-10(2)16/h3-6,8,10,16H,7H2,1-2H3. The predicted molar refractivity (Wildman–Crippen MR) is 77.0 cm³/mol. The highest BCUT2D eigenvalue weighted by Gasteiger charge is 2.09. The van der Waals surface area contributed by atoms with Gasteiger partial charge in [0.15, 0.2) is 0 Å². The molecular formula is C14H15IO2. The first kappa shape index (κ1) is 12.6. The molecule has 1 N–H and O–H groups in total. The Morgan fingerprint density at radius 3 is 2.76 bits per heavy atom. The summed E-state index contributed by atoms with van der Waals surface area (Å²) >= 11 is 2.29. The number of hydrogen-bond acceptors (Lipinski definition) is 2. The molecule has 2 rings (SSSR count). The topological polar surface area (TPSA) is 33.4 Å². The summed E-state index contributed by atoms with van der Waals surface area (Å²) in [5.74, 6) is 1.70. The van der Waals surface area contributed by atoms with Crippen molar-refractivity contribution in [3.05, 3.63) is 45.2 Å². The second-order valence-corrected chi connectivity index (χ2v) is 5.52. The summed E-state index contributed by atoms with van der Waals surface area (Å²) in [6.45, 7) is 3.83. The van der Waals surface area contributed by atoms with E-state index in [9.17, 15) is 5.11 Å². The van der Waals surface area contributed by atoms with E-state index in [1.807, 2.05) is 12.1 Å². The highest BCUT2D eigenvalue weighted by Crippen LogP contribution is 2.27. The quantitative estimate of drug-likeness (QED) is 0.862. The fraction of sp³-hybridized carbons (Fsp3) is 0.286. The van der Waals surface area contributed by atoms with E-state index in [1.54, 1.807) is 6.92 Å². The monoisotopic (exact) mass is 342 g/mol. The fourth-order valence-corrected chi connectivity index (χ4v) is 2.27. The number of benzene rings is 1. The van der Waals surface area contributed by atoms with Crippen LogP contribution in [-0.4, -0.2) is 11.2 Å². The Hall–Kier alpha value is -0.810. The van der Waals surface area contributed by atoms with E-state index in [0.29, 0.717) is 6.42 Å². The summed E-state index contributed by atoms with van der Waals surface area (Å²) in [5, 5.41) is 9.32. The average Bonchev–Trinajstić information content (AvgIpc) is 2.69. The normalized spacial score (nSPS) is 12.7. The molecule has 0 aliphatic heterocycles. The highest BCUT2D eigenvalue weighted by atomic mass is 127. The van der Waals surface area contributed by atoms with Crippen LogP contribution in [0.25, 0.3) is 11.3 Å². The second kappa shape index (κ2) is 5.23. The summed E-state index contributed by atoms with van der Waals surface area (Å²) in [6, 6.07) is 10.2. The summed E-state index contributed by atoms with van der Waals surface area (Å²) in [5.41, 5.74) is 2.32. The number of aliphatic hydroxyl groups is 1. The lowest BCUT2D eigenvalue weighted by Crippen LogP contribution is -2.02. The number of rotatable bonds is 3. The van der Waals surface area contributed by atoms with Gasteiger partial charge in [-0.15, -0.1) is 0 Å². The molecule has 17 heavy (non-hydrogen) atoms. The molecule has 0 fully saturated rings. The number of aryl methyl sites for hydroxylation is 1. The van der Waals surface area contributed by atoms with Crippen LogP contribution in [0.3, 0.4) is 0 Å². The van der Waals surface area contributed by atoms with Crippen LogP contribution in [0.5, 0.6) is 0 Å². The molecule has 0 aliphatic carbocycles. The van der Waals surface area contributed by atoms with E-state index >= 15 is 0 Å². The van der Waals surface area contributed by atoms with Gasteiger partial charge < -0.3 is 9.52 Å². The second-order valence-electron chi connectivity index (χ2n) is 4.28. The zero-order valence-electron chi connectivity index (χ0n) is 9.90. The van der Waals surface area contributed by atoms with Gasteiger partial charge in [0.05, 0.1) is 6.10 Å². The van der Waals surface area contributed by atoms with Crippen LogP contribution in [0.2, 0.25) is 0 Å². The first-order valence-corrected chi connectivity index (χ1v) is 6.67. The van der Waals surface area contributed by atoms with Crippen molar-refractivity contribution in [2.45, 2.75) is 26.4 Å². The molecule has 1 unspecified atom stereocenters. The Morgan fingerprint density at radius 2 is 2.06 bits per heavy atom. The Morgan fingerprint density at radius 1 is 1.29 bits per heavy atom. The van der Waals surface area contributed by atoms with Crippen molar-refractivity contribution in [2.24, 2.45) is 0 Å². The summed E-state index contributed by atoms with van der Waals surface area (Å²) in [7, 11) is 0. The van der Waals surface area contributed by atoms with Gasteiger partial charge in [0.25, 0.3) is 0 Å². The van der Waals surface area contributed by atoms with Gasteiger partial charge in [-0.05, 0) is 66.3 Å². The Bertz CT molecular complexity index is 515. The maximum absolute atomic E-state index is 9.32. The van der Waals surface area contributed by atoms with E-state index in [-0.39, 0.29) is 6.10 Å². The van der Waals surface area contributed by atoms with Crippen LogP contribution in [-0.2, 0) is 6.42 Å². The van der Waals surface area contributed by atoms with Crippen molar-refractivity contribution in [1.29, 1.82) is 0 Å². The molecule has 0 aliphatic rings. The molecule has 0 radical (unpaired) electrons. The predicted octanol–water partition coefficient (Wildman–Crippen LogP) is 3.78. The van der Waals surface area contributed by atoms with Gasteiger partial charge in [-0.2, -0.15) is 0 Å². The van der Waals surface area contributed by atoms with Crippen LogP contribution < -0.4 is 0 Å².